The van der Waals surface area contributed by atoms with Crippen LogP contribution in [0.4, 0.5) is 4.39 Å². The van der Waals surface area contributed by atoms with Crippen molar-refractivity contribution >= 4 is 34.0 Å². The minimum Gasteiger partial charge on any atom is -0.206 e. The molecule has 0 atom stereocenters. The van der Waals surface area contributed by atoms with Crippen molar-refractivity contribution < 1.29 is 4.39 Å². The van der Waals surface area contributed by atoms with Gasteiger partial charge in [0, 0.05) is 21.0 Å². The molecule has 0 heterocycles. The van der Waals surface area contributed by atoms with E-state index in [2.05, 4.69) is 0 Å². The Kier molecular flexibility index (Phi) is 3.17. The maximum Gasteiger partial charge on any atom is 0.131 e. The molecule has 19 heavy (non-hydrogen) atoms. The summed E-state index contributed by atoms with van der Waals surface area (Å²) in [6, 6.07) is 15.9. The van der Waals surface area contributed by atoms with Crippen molar-refractivity contribution in [2.45, 2.75) is 0 Å². The minimum atomic E-state index is -0.251. The average Bonchev–Trinajstić information content (AvgIpc) is 2.38. The van der Waals surface area contributed by atoms with Crippen LogP contribution in [0.2, 0.25) is 10.0 Å². The fourth-order valence-corrected chi connectivity index (χ4v) is 2.74. The van der Waals surface area contributed by atoms with Crippen LogP contribution in [0.15, 0.2) is 54.6 Å². The Labute approximate surface area is 120 Å². The Bertz CT molecular complexity index is 761. The summed E-state index contributed by atoms with van der Waals surface area (Å²) in [5.74, 6) is -0.251. The van der Waals surface area contributed by atoms with Crippen molar-refractivity contribution in [3.8, 4) is 11.1 Å². The van der Waals surface area contributed by atoms with E-state index in [4.69, 9.17) is 23.2 Å². The number of fused-ring (bicyclic) bond motifs is 1. The van der Waals surface area contributed by atoms with Gasteiger partial charge >= 0.3 is 0 Å². The lowest BCUT2D eigenvalue weighted by Gasteiger charge is -2.09. The molecule has 0 radical (unpaired) electrons. The molecule has 3 heteroatoms. The minimum absolute atomic E-state index is 0.251. The number of benzene rings is 3. The first-order valence-electron chi connectivity index (χ1n) is 5.79. The van der Waals surface area contributed by atoms with Crippen molar-refractivity contribution in [1.29, 1.82) is 0 Å². The predicted octanol–water partition coefficient (Wildman–Crippen LogP) is 5.95. The molecule has 0 N–H and O–H groups in total. The lowest BCUT2D eigenvalue weighted by atomic mass is 9.98. The maximum absolute atomic E-state index is 14.1. The average molecular weight is 291 g/mol. The SMILES string of the molecule is Fc1cccc2cccc(-c3ccc(Cl)cc3Cl)c12. The Balaban J connectivity index is 2.37. The zero-order valence-corrected chi connectivity index (χ0v) is 11.3. The van der Waals surface area contributed by atoms with E-state index in [0.717, 1.165) is 16.5 Å². The number of halogens is 3. The Hall–Kier alpha value is -1.57. The molecular formula is C16H9Cl2F. The van der Waals surface area contributed by atoms with Crippen molar-refractivity contribution in [3.63, 3.8) is 0 Å². The number of hydrogen-bond acceptors (Lipinski definition) is 0. The van der Waals surface area contributed by atoms with Crippen LogP contribution < -0.4 is 0 Å². The third-order valence-corrected chi connectivity index (χ3v) is 3.62. The van der Waals surface area contributed by atoms with Crippen LogP contribution in [0.3, 0.4) is 0 Å². The molecule has 3 aromatic carbocycles. The van der Waals surface area contributed by atoms with Crippen molar-refractivity contribution in [3.05, 3.63) is 70.5 Å². The van der Waals surface area contributed by atoms with Gasteiger partial charge in [-0.25, -0.2) is 4.39 Å². The molecule has 0 spiro atoms. The second kappa shape index (κ2) is 4.84. The first-order chi connectivity index (χ1) is 9.16. The molecule has 0 nitrogen and oxygen atoms in total. The van der Waals surface area contributed by atoms with E-state index in [9.17, 15) is 4.39 Å². The second-order valence-electron chi connectivity index (χ2n) is 4.27. The number of hydrogen-bond donors (Lipinski definition) is 0. The van der Waals surface area contributed by atoms with Crippen molar-refractivity contribution in [2.24, 2.45) is 0 Å². The topological polar surface area (TPSA) is 0 Å². The first-order valence-corrected chi connectivity index (χ1v) is 6.55. The molecular weight excluding hydrogens is 282 g/mol. The fourth-order valence-electron chi connectivity index (χ4n) is 2.23. The van der Waals surface area contributed by atoms with Gasteiger partial charge in [0.05, 0.1) is 0 Å². The van der Waals surface area contributed by atoms with Gasteiger partial charge in [-0.15, -0.1) is 0 Å². The molecule has 3 aromatic rings. The number of rotatable bonds is 1. The molecule has 0 aliphatic carbocycles. The van der Waals surface area contributed by atoms with Crippen LogP contribution in [-0.4, -0.2) is 0 Å². The summed E-state index contributed by atoms with van der Waals surface area (Å²) in [7, 11) is 0. The zero-order valence-electron chi connectivity index (χ0n) is 9.83. The summed E-state index contributed by atoms with van der Waals surface area (Å²) in [5, 5.41) is 2.51. The van der Waals surface area contributed by atoms with E-state index in [0.29, 0.717) is 15.4 Å². The van der Waals surface area contributed by atoms with Gasteiger partial charge in [0.25, 0.3) is 0 Å². The Morgan fingerprint density at radius 2 is 1.53 bits per heavy atom. The van der Waals surface area contributed by atoms with Gasteiger partial charge in [-0.1, -0.05) is 59.6 Å². The summed E-state index contributed by atoms with van der Waals surface area (Å²) in [6.45, 7) is 0. The molecule has 0 aliphatic rings. The molecule has 0 aliphatic heterocycles. The summed E-state index contributed by atoms with van der Waals surface area (Å²) in [6.07, 6.45) is 0. The summed E-state index contributed by atoms with van der Waals surface area (Å²) < 4.78 is 14.1. The first kappa shape index (κ1) is 12.5. The van der Waals surface area contributed by atoms with Gasteiger partial charge in [-0.05, 0) is 29.1 Å². The van der Waals surface area contributed by atoms with Crippen molar-refractivity contribution in [2.75, 3.05) is 0 Å². The maximum atomic E-state index is 14.1. The zero-order chi connectivity index (χ0) is 13.4. The van der Waals surface area contributed by atoms with E-state index >= 15 is 0 Å². The quantitative estimate of drug-likeness (QED) is 0.519. The lowest BCUT2D eigenvalue weighted by Crippen LogP contribution is -1.86. The van der Waals surface area contributed by atoms with Gasteiger partial charge in [0.2, 0.25) is 0 Å². The van der Waals surface area contributed by atoms with E-state index in [1.807, 2.05) is 30.3 Å². The molecule has 94 valence electrons. The van der Waals surface area contributed by atoms with Gasteiger partial charge in [0.1, 0.15) is 5.82 Å². The van der Waals surface area contributed by atoms with Gasteiger partial charge in [-0.3, -0.25) is 0 Å². The smallest absolute Gasteiger partial charge is 0.131 e. The standard InChI is InChI=1S/C16H9Cl2F/c17-11-7-8-12(14(18)9-11)13-5-1-3-10-4-2-6-15(19)16(10)13/h1-9H. The monoisotopic (exact) mass is 290 g/mol. The van der Waals surface area contributed by atoms with Gasteiger partial charge < -0.3 is 0 Å². The highest BCUT2D eigenvalue weighted by molar-refractivity contribution is 6.36. The summed E-state index contributed by atoms with van der Waals surface area (Å²) >= 11 is 12.1. The molecule has 3 rings (SSSR count). The highest BCUT2D eigenvalue weighted by Crippen LogP contribution is 2.35. The van der Waals surface area contributed by atoms with Crippen molar-refractivity contribution in [1.82, 2.24) is 0 Å². The van der Waals surface area contributed by atoms with Crippen LogP contribution in [0.1, 0.15) is 0 Å². The van der Waals surface area contributed by atoms with Crippen LogP contribution >= 0.6 is 23.2 Å². The highest BCUT2D eigenvalue weighted by atomic mass is 35.5. The second-order valence-corrected chi connectivity index (χ2v) is 5.11. The lowest BCUT2D eigenvalue weighted by molar-refractivity contribution is 0.640. The Morgan fingerprint density at radius 1 is 0.789 bits per heavy atom. The summed E-state index contributed by atoms with van der Waals surface area (Å²) in [4.78, 5) is 0. The molecule has 0 amide bonds. The third kappa shape index (κ3) is 2.20. The van der Waals surface area contributed by atoms with Crippen LogP contribution in [0.25, 0.3) is 21.9 Å². The normalized spacial score (nSPS) is 10.9. The fraction of sp³-hybridized carbons (Fsp3) is 0. The van der Waals surface area contributed by atoms with Crippen LogP contribution in [0.5, 0.6) is 0 Å². The largest absolute Gasteiger partial charge is 0.206 e. The Morgan fingerprint density at radius 3 is 2.26 bits per heavy atom. The van der Waals surface area contributed by atoms with Crippen LogP contribution in [-0.2, 0) is 0 Å². The summed E-state index contributed by atoms with van der Waals surface area (Å²) in [5.41, 5.74) is 1.55. The highest BCUT2D eigenvalue weighted by Gasteiger charge is 2.11. The van der Waals surface area contributed by atoms with E-state index < -0.39 is 0 Å². The molecule has 0 unspecified atom stereocenters. The third-order valence-electron chi connectivity index (χ3n) is 3.08. The molecule has 0 fully saturated rings. The molecule has 0 saturated carbocycles. The molecule has 0 bridgehead atoms. The van der Waals surface area contributed by atoms with Gasteiger partial charge in [-0.2, -0.15) is 0 Å². The van der Waals surface area contributed by atoms with E-state index in [1.54, 1.807) is 18.2 Å². The predicted molar refractivity (Wildman–Crippen MR) is 79.4 cm³/mol. The van der Waals surface area contributed by atoms with E-state index in [1.165, 1.54) is 6.07 Å². The molecule has 0 saturated heterocycles. The van der Waals surface area contributed by atoms with Crippen LogP contribution in [0, 0.1) is 5.82 Å². The molecule has 0 aromatic heterocycles. The van der Waals surface area contributed by atoms with Gasteiger partial charge in [0.15, 0.2) is 0 Å². The van der Waals surface area contributed by atoms with E-state index in [-0.39, 0.29) is 5.82 Å².